The van der Waals surface area contributed by atoms with Crippen molar-refractivity contribution in [2.75, 3.05) is 11.9 Å². The van der Waals surface area contributed by atoms with Gasteiger partial charge in [-0.15, -0.1) is 5.10 Å². The zero-order valence-corrected chi connectivity index (χ0v) is 22.0. The minimum absolute atomic E-state index is 0.0575. The number of ether oxygens (including phenoxy) is 1. The molecular weight excluding hydrogens is 485 g/mol. The van der Waals surface area contributed by atoms with E-state index in [0.29, 0.717) is 30.2 Å². The fourth-order valence-corrected chi connectivity index (χ4v) is 4.03. The van der Waals surface area contributed by atoms with E-state index in [1.54, 1.807) is 44.3 Å². The van der Waals surface area contributed by atoms with Crippen LogP contribution in [0.4, 0.5) is 10.2 Å². The molecule has 9 heteroatoms. The summed E-state index contributed by atoms with van der Waals surface area (Å²) in [6.07, 6.45) is 3.27. The van der Waals surface area contributed by atoms with Crippen LogP contribution in [-0.2, 0) is 6.42 Å². The molecule has 8 nitrogen and oxygen atoms in total. The normalized spacial score (nSPS) is 11.4. The number of rotatable bonds is 10. The molecule has 0 fully saturated rings. The fourth-order valence-electron chi connectivity index (χ4n) is 4.03. The summed E-state index contributed by atoms with van der Waals surface area (Å²) in [5.74, 6) is 0.540. The summed E-state index contributed by atoms with van der Waals surface area (Å²) in [6, 6.07) is 14.1. The van der Waals surface area contributed by atoms with Crippen molar-refractivity contribution in [3.05, 3.63) is 88.9 Å². The molecule has 4 rings (SSSR count). The molecule has 2 aromatic carbocycles. The van der Waals surface area contributed by atoms with Crippen molar-refractivity contribution in [1.29, 1.82) is 0 Å². The molecule has 2 aromatic heterocycles. The van der Waals surface area contributed by atoms with Crippen molar-refractivity contribution in [3.8, 4) is 16.9 Å². The minimum atomic E-state index is -0.719. The first-order chi connectivity index (χ1) is 18.1. The van der Waals surface area contributed by atoms with Crippen LogP contribution in [-0.4, -0.2) is 43.4 Å². The number of anilines is 1. The molecule has 0 aliphatic carbocycles. The third-order valence-electron chi connectivity index (χ3n) is 6.10. The third kappa shape index (κ3) is 7.01. The van der Waals surface area contributed by atoms with E-state index >= 15 is 0 Å². The Morgan fingerprint density at radius 3 is 2.63 bits per heavy atom. The SMILES string of the molecule is Cc1ccc(OCCCC(C)(C)O)cc1-c1cc(NC(=O)c2n[nH]c(Cc3ccccc3F)n2)ncc1C. The number of benzene rings is 2. The lowest BCUT2D eigenvalue weighted by molar-refractivity contribution is 0.0641. The Labute approximate surface area is 221 Å². The number of hydrogen-bond donors (Lipinski definition) is 3. The number of amides is 1. The number of aliphatic hydroxyl groups is 1. The number of halogens is 1. The number of aryl methyl sites for hydroxylation is 2. The van der Waals surface area contributed by atoms with Gasteiger partial charge < -0.3 is 15.2 Å². The lowest BCUT2D eigenvalue weighted by Gasteiger charge is -2.17. The van der Waals surface area contributed by atoms with E-state index in [1.165, 1.54) is 6.07 Å². The highest BCUT2D eigenvalue weighted by Gasteiger charge is 2.16. The number of aromatic nitrogens is 4. The van der Waals surface area contributed by atoms with Crippen LogP contribution < -0.4 is 10.1 Å². The summed E-state index contributed by atoms with van der Waals surface area (Å²) in [7, 11) is 0. The van der Waals surface area contributed by atoms with Gasteiger partial charge in [0.05, 0.1) is 12.2 Å². The van der Waals surface area contributed by atoms with Gasteiger partial charge in [-0.2, -0.15) is 0 Å². The van der Waals surface area contributed by atoms with Crippen molar-refractivity contribution < 1.29 is 19.0 Å². The van der Waals surface area contributed by atoms with Gasteiger partial charge in [0.25, 0.3) is 5.91 Å². The standard InChI is InChI=1S/C29H32FN5O3/c1-18-10-11-21(38-13-7-12-29(3,4)37)15-22(18)23-16-25(31-17-19(23)2)33-28(36)27-32-26(34-35-27)14-20-8-5-6-9-24(20)30/h5-6,8-11,15-17,37H,7,12-14H2,1-4H3,(H,31,33,36)(H,32,34,35). The van der Waals surface area contributed by atoms with E-state index in [0.717, 1.165) is 34.4 Å². The van der Waals surface area contributed by atoms with Crippen molar-refractivity contribution in [2.45, 2.75) is 52.6 Å². The Bertz CT molecular complexity index is 1430. The predicted molar refractivity (Wildman–Crippen MR) is 144 cm³/mol. The second-order valence-corrected chi connectivity index (χ2v) is 9.95. The first-order valence-corrected chi connectivity index (χ1v) is 12.5. The zero-order chi connectivity index (χ0) is 27.3. The minimum Gasteiger partial charge on any atom is -0.494 e. The van der Waals surface area contributed by atoms with Crippen molar-refractivity contribution in [1.82, 2.24) is 20.2 Å². The first kappa shape index (κ1) is 26.9. The molecule has 0 unspecified atom stereocenters. The summed E-state index contributed by atoms with van der Waals surface area (Å²) in [6.45, 7) is 8.03. The summed E-state index contributed by atoms with van der Waals surface area (Å²) in [5.41, 5.74) is 3.60. The van der Waals surface area contributed by atoms with E-state index in [2.05, 4.69) is 25.5 Å². The molecule has 0 saturated carbocycles. The van der Waals surface area contributed by atoms with E-state index in [4.69, 9.17) is 4.74 Å². The van der Waals surface area contributed by atoms with Crippen LogP contribution in [0.3, 0.4) is 0 Å². The van der Waals surface area contributed by atoms with Crippen molar-refractivity contribution in [2.24, 2.45) is 0 Å². The molecule has 0 aliphatic heterocycles. The first-order valence-electron chi connectivity index (χ1n) is 12.5. The average molecular weight is 518 g/mol. The van der Waals surface area contributed by atoms with Crippen LogP contribution in [0.5, 0.6) is 5.75 Å². The lowest BCUT2D eigenvalue weighted by atomic mass is 9.97. The maximum Gasteiger partial charge on any atom is 0.296 e. The summed E-state index contributed by atoms with van der Waals surface area (Å²) in [4.78, 5) is 21.4. The quantitative estimate of drug-likeness (QED) is 0.243. The van der Waals surface area contributed by atoms with Crippen molar-refractivity contribution >= 4 is 11.7 Å². The summed E-state index contributed by atoms with van der Waals surface area (Å²) in [5, 5.41) is 19.3. The van der Waals surface area contributed by atoms with E-state index in [9.17, 15) is 14.3 Å². The molecule has 4 aromatic rings. The smallest absolute Gasteiger partial charge is 0.296 e. The Kier molecular flexibility index (Phi) is 8.16. The van der Waals surface area contributed by atoms with Crippen LogP contribution >= 0.6 is 0 Å². The number of aromatic amines is 1. The second-order valence-electron chi connectivity index (χ2n) is 9.95. The molecule has 2 heterocycles. The van der Waals surface area contributed by atoms with E-state index in [1.807, 2.05) is 32.0 Å². The Morgan fingerprint density at radius 2 is 1.87 bits per heavy atom. The highest BCUT2D eigenvalue weighted by Crippen LogP contribution is 2.31. The van der Waals surface area contributed by atoms with Gasteiger partial charge in [-0.3, -0.25) is 9.89 Å². The van der Waals surface area contributed by atoms with Gasteiger partial charge in [0.1, 0.15) is 23.2 Å². The lowest BCUT2D eigenvalue weighted by Crippen LogP contribution is -2.19. The molecule has 0 aliphatic rings. The molecule has 0 radical (unpaired) electrons. The molecule has 198 valence electrons. The van der Waals surface area contributed by atoms with Gasteiger partial charge >= 0.3 is 0 Å². The van der Waals surface area contributed by atoms with Crippen LogP contribution in [0, 0.1) is 19.7 Å². The average Bonchev–Trinajstić information content (AvgIpc) is 3.34. The summed E-state index contributed by atoms with van der Waals surface area (Å²) >= 11 is 0. The van der Waals surface area contributed by atoms with Gasteiger partial charge in [-0.05, 0) is 92.6 Å². The van der Waals surface area contributed by atoms with Gasteiger partial charge in [0.2, 0.25) is 5.82 Å². The highest BCUT2D eigenvalue weighted by molar-refractivity contribution is 6.01. The fraction of sp³-hybridized carbons (Fsp3) is 0.310. The molecule has 38 heavy (non-hydrogen) atoms. The van der Waals surface area contributed by atoms with Crippen LogP contribution in [0.1, 0.15) is 59.8 Å². The Balaban J connectivity index is 1.46. The molecular formula is C29H32FN5O3. The van der Waals surface area contributed by atoms with E-state index < -0.39 is 11.5 Å². The number of carbonyl (C=O) groups is 1. The largest absolute Gasteiger partial charge is 0.494 e. The number of carbonyl (C=O) groups excluding carboxylic acids is 1. The number of nitrogens with one attached hydrogen (secondary N) is 2. The maximum atomic E-state index is 13.9. The Hall–Kier alpha value is -4.11. The highest BCUT2D eigenvalue weighted by atomic mass is 19.1. The number of H-pyrrole nitrogens is 1. The number of nitrogens with zero attached hydrogens (tertiary/aromatic N) is 3. The molecule has 0 atom stereocenters. The number of hydrogen-bond acceptors (Lipinski definition) is 6. The second kappa shape index (κ2) is 11.5. The molecule has 3 N–H and O–H groups in total. The summed E-state index contributed by atoms with van der Waals surface area (Å²) < 4.78 is 19.9. The predicted octanol–water partition coefficient (Wildman–Crippen LogP) is 5.40. The van der Waals surface area contributed by atoms with E-state index in [-0.39, 0.29) is 18.1 Å². The topological polar surface area (TPSA) is 113 Å². The van der Waals surface area contributed by atoms with Crippen LogP contribution in [0.15, 0.2) is 54.7 Å². The molecule has 0 spiro atoms. The Morgan fingerprint density at radius 1 is 1.11 bits per heavy atom. The number of pyridine rings is 1. The maximum absolute atomic E-state index is 13.9. The van der Waals surface area contributed by atoms with Crippen molar-refractivity contribution in [3.63, 3.8) is 0 Å². The van der Waals surface area contributed by atoms with Gasteiger partial charge in [-0.25, -0.2) is 14.4 Å². The van der Waals surface area contributed by atoms with Gasteiger partial charge in [0.15, 0.2) is 0 Å². The monoisotopic (exact) mass is 517 g/mol. The molecule has 0 saturated heterocycles. The third-order valence-corrected chi connectivity index (χ3v) is 6.10. The van der Waals surface area contributed by atoms with Gasteiger partial charge in [-0.1, -0.05) is 24.3 Å². The van der Waals surface area contributed by atoms with Crippen LogP contribution in [0.25, 0.3) is 11.1 Å². The van der Waals surface area contributed by atoms with Gasteiger partial charge in [0, 0.05) is 12.6 Å². The molecule has 1 amide bonds. The van der Waals surface area contributed by atoms with Crippen LogP contribution in [0.2, 0.25) is 0 Å². The zero-order valence-electron chi connectivity index (χ0n) is 22.0. The molecule has 0 bridgehead atoms.